The highest BCUT2D eigenvalue weighted by molar-refractivity contribution is 5.73. The van der Waals surface area contributed by atoms with E-state index < -0.39 is 0 Å². The first kappa shape index (κ1) is 17.3. The molecule has 0 aliphatic carbocycles. The Bertz CT molecular complexity index is 593. The molecule has 0 N–H and O–H groups in total. The Labute approximate surface area is 140 Å². The second-order valence-corrected chi connectivity index (χ2v) is 5.88. The maximum absolute atomic E-state index is 4.38. The Morgan fingerprint density at radius 2 is 1.65 bits per heavy atom. The molecule has 2 aromatic rings. The fraction of sp³-hybridized carbons (Fsp3) is 0.381. The van der Waals surface area contributed by atoms with Gasteiger partial charge in [0.25, 0.3) is 0 Å². The zero-order valence-corrected chi connectivity index (χ0v) is 14.5. The lowest BCUT2D eigenvalue weighted by molar-refractivity contribution is 0.678. The van der Waals surface area contributed by atoms with Gasteiger partial charge in [-0.15, -0.1) is 0 Å². The molecule has 0 saturated heterocycles. The number of anilines is 1. The minimum absolute atomic E-state index is 0.939. The van der Waals surface area contributed by atoms with Crippen LogP contribution >= 0.6 is 0 Å². The van der Waals surface area contributed by atoms with E-state index in [0.717, 1.165) is 24.3 Å². The van der Waals surface area contributed by atoms with Crippen molar-refractivity contribution in [3.8, 4) is 11.1 Å². The van der Waals surface area contributed by atoms with Gasteiger partial charge in [-0.3, -0.25) is 4.98 Å². The van der Waals surface area contributed by atoms with Crippen LogP contribution in [-0.2, 0) is 0 Å². The molecule has 0 atom stereocenters. The minimum atomic E-state index is 0.939. The van der Waals surface area contributed by atoms with Crippen LogP contribution in [0.15, 0.2) is 49.2 Å². The fourth-order valence-corrected chi connectivity index (χ4v) is 2.74. The first-order chi connectivity index (χ1) is 11.3. The van der Waals surface area contributed by atoms with E-state index in [0.29, 0.717) is 0 Å². The van der Waals surface area contributed by atoms with Gasteiger partial charge in [-0.05, 0) is 42.7 Å². The predicted octanol–water partition coefficient (Wildman–Crippen LogP) is 5.80. The van der Waals surface area contributed by atoms with Crippen molar-refractivity contribution in [3.05, 3.63) is 54.9 Å². The molecule has 122 valence electrons. The van der Waals surface area contributed by atoms with Gasteiger partial charge < -0.3 is 4.90 Å². The molecule has 1 aromatic carbocycles. The van der Waals surface area contributed by atoms with Crippen LogP contribution in [0, 0.1) is 0 Å². The lowest BCUT2D eigenvalue weighted by Crippen LogP contribution is -2.25. The summed E-state index contributed by atoms with van der Waals surface area (Å²) in [5, 5.41) is 0. The van der Waals surface area contributed by atoms with Crippen molar-refractivity contribution >= 4 is 11.8 Å². The van der Waals surface area contributed by atoms with Crippen LogP contribution in [0.5, 0.6) is 0 Å². The van der Waals surface area contributed by atoms with Crippen molar-refractivity contribution < 1.29 is 0 Å². The van der Waals surface area contributed by atoms with E-state index in [-0.39, 0.29) is 0 Å². The summed E-state index contributed by atoms with van der Waals surface area (Å²) in [5.74, 6) is 0. The lowest BCUT2D eigenvalue weighted by Gasteiger charge is -2.25. The molecule has 1 aromatic heterocycles. The summed E-state index contributed by atoms with van der Waals surface area (Å²) in [6.45, 7) is 10.6. The molecule has 2 heteroatoms. The van der Waals surface area contributed by atoms with Crippen LogP contribution in [0.25, 0.3) is 17.2 Å². The molecule has 0 radical (unpaired) electrons. The molecule has 0 saturated carbocycles. The van der Waals surface area contributed by atoms with E-state index in [2.05, 4.69) is 60.6 Å². The van der Waals surface area contributed by atoms with Crippen molar-refractivity contribution in [2.24, 2.45) is 0 Å². The van der Waals surface area contributed by atoms with E-state index in [4.69, 9.17) is 0 Å². The number of rotatable bonds is 9. The second kappa shape index (κ2) is 9.14. The van der Waals surface area contributed by atoms with Crippen LogP contribution in [0.4, 0.5) is 5.69 Å². The smallest absolute Gasteiger partial charge is 0.0702 e. The van der Waals surface area contributed by atoms with Crippen LogP contribution < -0.4 is 4.90 Å². The van der Waals surface area contributed by atoms with Gasteiger partial charge in [0.15, 0.2) is 0 Å². The Kier molecular flexibility index (Phi) is 6.86. The van der Waals surface area contributed by atoms with Gasteiger partial charge in [-0.2, -0.15) is 0 Å². The molecular weight excluding hydrogens is 280 g/mol. The maximum atomic E-state index is 4.38. The SMILES string of the molecule is C=Cc1ncccc1-c1ccc(N(CCCC)CCCC)cc1. The molecule has 0 fully saturated rings. The zero-order chi connectivity index (χ0) is 16.5. The van der Waals surface area contributed by atoms with Gasteiger partial charge in [0.1, 0.15) is 0 Å². The normalized spacial score (nSPS) is 10.5. The quantitative estimate of drug-likeness (QED) is 0.582. The molecule has 0 aliphatic rings. The van der Waals surface area contributed by atoms with Crippen LogP contribution in [0.2, 0.25) is 0 Å². The molecule has 0 spiro atoms. The second-order valence-electron chi connectivity index (χ2n) is 5.88. The summed E-state index contributed by atoms with van der Waals surface area (Å²) < 4.78 is 0. The zero-order valence-electron chi connectivity index (χ0n) is 14.5. The van der Waals surface area contributed by atoms with Crippen LogP contribution in [-0.4, -0.2) is 18.1 Å². The molecule has 0 amide bonds. The average Bonchev–Trinajstić information content (AvgIpc) is 2.62. The third-order valence-corrected chi connectivity index (χ3v) is 4.14. The third-order valence-electron chi connectivity index (χ3n) is 4.14. The number of aromatic nitrogens is 1. The highest BCUT2D eigenvalue weighted by Gasteiger charge is 2.07. The standard InChI is InChI=1S/C21H28N2/c1-4-7-16-23(17-8-5-2)19-13-11-18(12-14-19)20-10-9-15-22-21(20)6-3/h6,9-15H,3-5,7-8,16-17H2,1-2H3. The third kappa shape index (κ3) is 4.69. The maximum Gasteiger partial charge on any atom is 0.0702 e. The Morgan fingerprint density at radius 3 is 2.22 bits per heavy atom. The van der Waals surface area contributed by atoms with Crippen molar-refractivity contribution in [1.82, 2.24) is 4.98 Å². The highest BCUT2D eigenvalue weighted by atomic mass is 15.1. The summed E-state index contributed by atoms with van der Waals surface area (Å²) in [6, 6.07) is 12.9. The lowest BCUT2D eigenvalue weighted by atomic mass is 10.0. The van der Waals surface area contributed by atoms with E-state index in [1.807, 2.05) is 18.3 Å². The van der Waals surface area contributed by atoms with Gasteiger partial charge in [0.05, 0.1) is 5.69 Å². The van der Waals surface area contributed by atoms with Crippen molar-refractivity contribution in [2.45, 2.75) is 39.5 Å². The number of hydrogen-bond acceptors (Lipinski definition) is 2. The highest BCUT2D eigenvalue weighted by Crippen LogP contribution is 2.26. The summed E-state index contributed by atoms with van der Waals surface area (Å²) in [6.07, 6.45) is 8.59. The fourth-order valence-electron chi connectivity index (χ4n) is 2.74. The average molecular weight is 308 g/mol. The Balaban J connectivity index is 2.20. The number of hydrogen-bond donors (Lipinski definition) is 0. The first-order valence-electron chi connectivity index (χ1n) is 8.73. The van der Waals surface area contributed by atoms with Gasteiger partial charge in [0, 0.05) is 30.5 Å². The number of unbranched alkanes of at least 4 members (excludes halogenated alkanes) is 2. The van der Waals surface area contributed by atoms with Crippen LogP contribution in [0.1, 0.15) is 45.2 Å². The van der Waals surface area contributed by atoms with Gasteiger partial charge >= 0.3 is 0 Å². The molecule has 2 rings (SSSR count). The van der Waals surface area contributed by atoms with Gasteiger partial charge in [0.2, 0.25) is 0 Å². The first-order valence-corrected chi connectivity index (χ1v) is 8.73. The van der Waals surface area contributed by atoms with Crippen molar-refractivity contribution in [3.63, 3.8) is 0 Å². The molecule has 0 aliphatic heterocycles. The molecular formula is C21H28N2. The Morgan fingerprint density at radius 1 is 1.00 bits per heavy atom. The largest absolute Gasteiger partial charge is 0.372 e. The summed E-state index contributed by atoms with van der Waals surface area (Å²) in [7, 11) is 0. The minimum Gasteiger partial charge on any atom is -0.372 e. The summed E-state index contributed by atoms with van der Waals surface area (Å²) in [5.41, 5.74) is 4.60. The van der Waals surface area contributed by atoms with E-state index >= 15 is 0 Å². The van der Waals surface area contributed by atoms with Gasteiger partial charge in [-0.25, -0.2) is 0 Å². The monoisotopic (exact) mass is 308 g/mol. The molecule has 23 heavy (non-hydrogen) atoms. The summed E-state index contributed by atoms with van der Waals surface area (Å²) in [4.78, 5) is 6.89. The molecule has 1 heterocycles. The van der Waals surface area contributed by atoms with E-state index in [1.54, 1.807) is 0 Å². The van der Waals surface area contributed by atoms with Gasteiger partial charge in [-0.1, -0.05) is 51.5 Å². The predicted molar refractivity (Wildman–Crippen MR) is 102 cm³/mol. The van der Waals surface area contributed by atoms with Crippen molar-refractivity contribution in [2.75, 3.05) is 18.0 Å². The number of pyridine rings is 1. The summed E-state index contributed by atoms with van der Waals surface area (Å²) >= 11 is 0. The van der Waals surface area contributed by atoms with Crippen LogP contribution in [0.3, 0.4) is 0 Å². The molecule has 2 nitrogen and oxygen atoms in total. The Hall–Kier alpha value is -2.09. The molecule has 0 unspecified atom stereocenters. The topological polar surface area (TPSA) is 16.1 Å². The molecule has 0 bridgehead atoms. The van der Waals surface area contributed by atoms with E-state index in [9.17, 15) is 0 Å². The van der Waals surface area contributed by atoms with E-state index in [1.165, 1.54) is 36.9 Å². The number of benzene rings is 1. The number of nitrogens with zero attached hydrogens (tertiary/aromatic N) is 2. The van der Waals surface area contributed by atoms with Crippen molar-refractivity contribution in [1.29, 1.82) is 0 Å².